The van der Waals surface area contributed by atoms with E-state index < -0.39 is 6.67 Å². The summed E-state index contributed by atoms with van der Waals surface area (Å²) in [7, 11) is 1.72. The number of hydrogen-bond donors (Lipinski definition) is 2. The summed E-state index contributed by atoms with van der Waals surface area (Å²) in [4.78, 5) is 23.7. The topological polar surface area (TPSA) is 97.8 Å². The minimum Gasteiger partial charge on any atom is -0.379 e. The first-order valence-corrected chi connectivity index (χ1v) is 14.6. The second-order valence-electron chi connectivity index (χ2n) is 11.1. The number of carbonyl (C=O) groups is 1. The lowest BCUT2D eigenvalue weighted by atomic mass is 9.97. The number of aryl methyl sites for hydroxylation is 1. The first-order valence-electron chi connectivity index (χ1n) is 14.6. The Hall–Kier alpha value is -2.66. The molecule has 3 saturated heterocycles. The number of rotatable bonds is 9. The number of ether oxygens (including phenoxy) is 3. The Morgan fingerprint density at radius 2 is 1.93 bits per heavy atom. The largest absolute Gasteiger partial charge is 0.379 e. The Morgan fingerprint density at radius 3 is 2.67 bits per heavy atom. The zero-order valence-corrected chi connectivity index (χ0v) is 23.6. The van der Waals surface area contributed by atoms with Crippen LogP contribution in [-0.4, -0.2) is 85.0 Å². The van der Waals surface area contributed by atoms with Crippen LogP contribution in [0, 0.1) is 6.92 Å². The molecule has 0 radical (unpaired) electrons. The average molecular weight is 556 g/mol. The number of likely N-dealkylation sites (tertiary alicyclic amines) is 1. The van der Waals surface area contributed by atoms with E-state index in [0.717, 1.165) is 45.1 Å². The number of amides is 1. The third kappa shape index (κ3) is 7.34. The van der Waals surface area contributed by atoms with Gasteiger partial charge in [-0.05, 0) is 51.0 Å². The van der Waals surface area contributed by atoms with Gasteiger partial charge in [0.15, 0.2) is 5.82 Å². The third-order valence-corrected chi connectivity index (χ3v) is 8.26. The Morgan fingerprint density at radius 1 is 1.12 bits per heavy atom. The van der Waals surface area contributed by atoms with Crippen LogP contribution in [0.25, 0.3) is 0 Å². The summed E-state index contributed by atoms with van der Waals surface area (Å²) in [5, 5.41) is 6.99. The summed E-state index contributed by atoms with van der Waals surface area (Å²) in [5.74, 6) is 0.277. The second-order valence-corrected chi connectivity index (χ2v) is 11.1. The molecule has 3 aliphatic rings. The average Bonchev–Trinajstić information content (AvgIpc) is 3.00. The van der Waals surface area contributed by atoms with Crippen LogP contribution in [0.15, 0.2) is 30.3 Å². The van der Waals surface area contributed by atoms with Crippen LogP contribution in [0.3, 0.4) is 0 Å². The molecular formula is C30H42FN5O4. The van der Waals surface area contributed by atoms with Crippen molar-refractivity contribution in [3.63, 3.8) is 0 Å². The number of anilines is 1. The van der Waals surface area contributed by atoms with E-state index in [1.165, 1.54) is 11.1 Å². The monoisotopic (exact) mass is 555 g/mol. The van der Waals surface area contributed by atoms with E-state index in [2.05, 4.69) is 51.8 Å². The summed E-state index contributed by atoms with van der Waals surface area (Å²) in [6, 6.07) is 10.7. The number of alkyl halides is 1. The highest BCUT2D eigenvalue weighted by atomic mass is 19.1. The normalized spacial score (nSPS) is 26.0. The summed E-state index contributed by atoms with van der Waals surface area (Å²) in [6.07, 6.45) is 5.71. The Balaban J connectivity index is 1.15. The molecule has 0 unspecified atom stereocenters. The van der Waals surface area contributed by atoms with Crippen LogP contribution in [0.1, 0.15) is 72.1 Å². The molecule has 218 valence electrons. The fourth-order valence-electron chi connectivity index (χ4n) is 5.90. The SMILES string of the molecule is CO[C@@H]1COCC[C@@H]1NC1CCN(C(=O)c2cc(NC[C@H]3CCC[C@@H](c4ccc(C)cc4)O3)nc(CF)n2)CC1. The molecule has 40 heavy (non-hydrogen) atoms. The summed E-state index contributed by atoms with van der Waals surface area (Å²) < 4.78 is 31.1. The Bertz CT molecular complexity index is 1110. The fourth-order valence-corrected chi connectivity index (χ4v) is 5.90. The van der Waals surface area contributed by atoms with Gasteiger partial charge in [0.1, 0.15) is 18.2 Å². The molecule has 1 aromatic carbocycles. The van der Waals surface area contributed by atoms with E-state index in [4.69, 9.17) is 14.2 Å². The molecule has 0 saturated carbocycles. The highest BCUT2D eigenvalue weighted by Crippen LogP contribution is 2.31. The lowest BCUT2D eigenvalue weighted by Crippen LogP contribution is -2.54. The van der Waals surface area contributed by atoms with E-state index in [-0.39, 0.29) is 41.8 Å². The second kappa shape index (κ2) is 13.8. The van der Waals surface area contributed by atoms with E-state index >= 15 is 0 Å². The Kier molecular flexibility index (Phi) is 9.96. The van der Waals surface area contributed by atoms with E-state index in [1.807, 2.05) is 0 Å². The van der Waals surface area contributed by atoms with Crippen LogP contribution < -0.4 is 10.6 Å². The predicted molar refractivity (Wildman–Crippen MR) is 150 cm³/mol. The van der Waals surface area contributed by atoms with Crippen LogP contribution >= 0.6 is 0 Å². The summed E-state index contributed by atoms with van der Waals surface area (Å²) in [5.41, 5.74) is 2.64. The highest BCUT2D eigenvalue weighted by Gasteiger charge is 2.31. The Labute approximate surface area is 236 Å². The molecule has 0 spiro atoms. The maximum absolute atomic E-state index is 13.7. The van der Waals surface area contributed by atoms with Gasteiger partial charge < -0.3 is 29.7 Å². The van der Waals surface area contributed by atoms with Crippen molar-refractivity contribution in [3.05, 3.63) is 53.0 Å². The smallest absolute Gasteiger partial charge is 0.272 e. The van der Waals surface area contributed by atoms with Crippen LogP contribution in [0.4, 0.5) is 10.2 Å². The van der Waals surface area contributed by atoms with Crippen LogP contribution in [0.5, 0.6) is 0 Å². The van der Waals surface area contributed by atoms with E-state index in [9.17, 15) is 9.18 Å². The molecule has 10 heteroatoms. The van der Waals surface area contributed by atoms with E-state index in [1.54, 1.807) is 18.1 Å². The first-order chi connectivity index (χ1) is 19.5. The van der Waals surface area contributed by atoms with Crippen molar-refractivity contribution in [1.82, 2.24) is 20.2 Å². The number of halogens is 1. The molecule has 0 aliphatic carbocycles. The molecule has 2 N–H and O–H groups in total. The van der Waals surface area contributed by atoms with Crippen molar-refractivity contribution in [3.8, 4) is 0 Å². The number of benzene rings is 1. The third-order valence-electron chi connectivity index (χ3n) is 8.26. The quantitative estimate of drug-likeness (QED) is 0.480. The van der Waals surface area contributed by atoms with Crippen molar-refractivity contribution in [2.45, 2.75) is 82.5 Å². The molecule has 9 nitrogen and oxygen atoms in total. The molecule has 3 fully saturated rings. The maximum atomic E-state index is 13.7. The minimum atomic E-state index is -0.830. The van der Waals surface area contributed by atoms with Gasteiger partial charge in [0.2, 0.25) is 0 Å². The van der Waals surface area contributed by atoms with Crippen molar-refractivity contribution < 1.29 is 23.4 Å². The number of nitrogens with one attached hydrogen (secondary N) is 2. The molecule has 4 heterocycles. The predicted octanol–water partition coefficient (Wildman–Crippen LogP) is 3.97. The van der Waals surface area contributed by atoms with Crippen molar-refractivity contribution in [2.75, 3.05) is 45.3 Å². The van der Waals surface area contributed by atoms with Crippen molar-refractivity contribution in [1.29, 1.82) is 0 Å². The summed E-state index contributed by atoms with van der Waals surface area (Å²) >= 11 is 0. The van der Waals surface area contributed by atoms with Crippen molar-refractivity contribution >= 4 is 11.7 Å². The lowest BCUT2D eigenvalue weighted by Gasteiger charge is -2.38. The first kappa shape index (κ1) is 28.9. The standard InChI is InChI=1S/C30H42FN5O4/c1-20-6-8-21(9-7-20)26-5-3-4-23(40-26)18-32-28-16-25(34-29(17-31)35-28)30(37)36-13-10-22(11-14-36)33-24-12-15-39-19-27(24)38-2/h6-9,16,22-24,26-27,33H,3-5,10-15,17-19H2,1-2H3,(H,32,34,35)/t23-,24+,26+,27-/m1/s1. The molecule has 0 bridgehead atoms. The minimum absolute atomic E-state index is 0.00274. The molecular weight excluding hydrogens is 513 g/mol. The number of nitrogens with zero attached hydrogens (tertiary/aromatic N) is 3. The van der Waals surface area contributed by atoms with Gasteiger partial charge in [0, 0.05) is 51.5 Å². The zero-order chi connectivity index (χ0) is 27.9. The number of hydrogen-bond acceptors (Lipinski definition) is 8. The van der Waals surface area contributed by atoms with Gasteiger partial charge in [-0.1, -0.05) is 29.8 Å². The number of piperidine rings is 1. The van der Waals surface area contributed by atoms with Crippen LogP contribution in [-0.2, 0) is 20.9 Å². The summed E-state index contributed by atoms with van der Waals surface area (Å²) in [6.45, 7) is 4.35. The van der Waals surface area contributed by atoms with E-state index in [0.29, 0.717) is 38.1 Å². The zero-order valence-electron chi connectivity index (χ0n) is 23.6. The highest BCUT2D eigenvalue weighted by molar-refractivity contribution is 5.93. The van der Waals surface area contributed by atoms with Gasteiger partial charge in [0.25, 0.3) is 5.91 Å². The molecule has 5 rings (SSSR count). The molecule has 3 aliphatic heterocycles. The van der Waals surface area contributed by atoms with Gasteiger partial charge in [0.05, 0.1) is 24.9 Å². The molecule has 4 atom stereocenters. The van der Waals surface area contributed by atoms with Gasteiger partial charge in [-0.25, -0.2) is 14.4 Å². The van der Waals surface area contributed by atoms with Gasteiger partial charge >= 0.3 is 0 Å². The molecule has 2 aromatic rings. The van der Waals surface area contributed by atoms with Crippen LogP contribution in [0.2, 0.25) is 0 Å². The van der Waals surface area contributed by atoms with Gasteiger partial charge in [-0.3, -0.25) is 4.79 Å². The van der Waals surface area contributed by atoms with Gasteiger partial charge in [-0.2, -0.15) is 0 Å². The maximum Gasteiger partial charge on any atom is 0.272 e. The number of methoxy groups -OCH3 is 1. The number of aromatic nitrogens is 2. The molecule has 1 amide bonds. The van der Waals surface area contributed by atoms with Crippen molar-refractivity contribution in [2.24, 2.45) is 0 Å². The van der Waals surface area contributed by atoms with Gasteiger partial charge in [-0.15, -0.1) is 0 Å². The fraction of sp³-hybridized carbons (Fsp3) is 0.633. The molecule has 1 aromatic heterocycles. The number of carbonyl (C=O) groups excluding carboxylic acids is 1. The lowest BCUT2D eigenvalue weighted by molar-refractivity contribution is -0.0533.